The van der Waals surface area contributed by atoms with E-state index in [1.807, 2.05) is 13.0 Å². The number of piperidine rings is 1. The first-order valence-corrected chi connectivity index (χ1v) is 29.7. The molecule has 3 aliphatic heterocycles. The number of fused-ring (bicyclic) bond motifs is 2. The van der Waals surface area contributed by atoms with Crippen molar-refractivity contribution in [1.29, 1.82) is 0 Å². The fourth-order valence-corrected chi connectivity index (χ4v) is 11.6. The van der Waals surface area contributed by atoms with Crippen LogP contribution in [0.15, 0.2) is 42.6 Å². The van der Waals surface area contributed by atoms with Crippen molar-refractivity contribution in [2.75, 3.05) is 49.0 Å². The van der Waals surface area contributed by atoms with Crippen molar-refractivity contribution >= 4 is 70.8 Å². The standard InChI is InChI=1S/C62H82N10O13/c1-11-46-56(77)69(9)48-34-63-59(68-52(48)72(46)42-19-12-13-20-42)65-45-27-22-39(33-49(45)81-10)53(74)64-40-23-25-41(26-24-40)70(61(80)84-58(37(4)5)83-57(78)51(36(2)3)67-60(79)85-62(6,7)8)30-32-82-31-15-14-17-38-18-16-21-43-44(38)35-71(55(43)76)47-28-29-50(73)66-54(47)75/h16,18,21-22,27,33-34,36-37,40-42,46-47,51,58H,11-13,15,19-20,23-26,28-32,35H2,1-10H3,(H,64,74)(H,67,79)(H,63,65,68)(H,66,73,75)/t40?,41?,46-,47?,51?,58?/m1/s1. The minimum absolute atomic E-state index is 0.0269. The van der Waals surface area contributed by atoms with Gasteiger partial charge < -0.3 is 59.2 Å². The number of esters is 1. The van der Waals surface area contributed by atoms with Gasteiger partial charge in [-0.15, -0.1) is 0 Å². The van der Waals surface area contributed by atoms with Crippen molar-refractivity contribution in [3.63, 3.8) is 0 Å². The van der Waals surface area contributed by atoms with Gasteiger partial charge in [-0.05, 0) is 114 Å². The van der Waals surface area contributed by atoms with E-state index in [1.165, 1.54) is 12.0 Å². The summed E-state index contributed by atoms with van der Waals surface area (Å²) in [6.07, 6.45) is 6.39. The molecule has 0 bridgehead atoms. The number of rotatable bonds is 20. The van der Waals surface area contributed by atoms with Crippen molar-refractivity contribution < 1.29 is 62.0 Å². The molecule has 4 heterocycles. The number of carbonyl (C=O) groups is 8. The number of carbonyl (C=O) groups excluding carboxylic acids is 8. The number of alkyl carbamates (subject to hydrolysis) is 1. The van der Waals surface area contributed by atoms with Gasteiger partial charge in [-0.1, -0.05) is 65.4 Å². The molecule has 0 spiro atoms. The molecule has 2 aromatic carbocycles. The molecule has 4 N–H and O–H groups in total. The normalized spacial score (nSPS) is 20.4. The van der Waals surface area contributed by atoms with Crippen molar-refractivity contribution in [3.8, 4) is 17.6 Å². The Balaban J connectivity index is 0.902. The summed E-state index contributed by atoms with van der Waals surface area (Å²) in [5.74, 6) is 4.61. The van der Waals surface area contributed by atoms with E-state index >= 15 is 0 Å². The van der Waals surface area contributed by atoms with Crippen LogP contribution in [0.2, 0.25) is 0 Å². The summed E-state index contributed by atoms with van der Waals surface area (Å²) < 4.78 is 29.0. The van der Waals surface area contributed by atoms with Crippen LogP contribution in [0.3, 0.4) is 0 Å². The van der Waals surface area contributed by atoms with Crippen LogP contribution in [0.5, 0.6) is 5.75 Å². The number of nitrogens with zero attached hydrogens (tertiary/aromatic N) is 6. The lowest BCUT2D eigenvalue weighted by atomic mass is 9.90. The zero-order valence-corrected chi connectivity index (χ0v) is 50.5. The molecule has 3 aromatic rings. The average molecular weight is 1180 g/mol. The number of amides is 7. The van der Waals surface area contributed by atoms with Gasteiger partial charge in [0.2, 0.25) is 23.7 Å². The van der Waals surface area contributed by atoms with E-state index in [2.05, 4.69) is 43.0 Å². The molecule has 3 unspecified atom stereocenters. The zero-order chi connectivity index (χ0) is 61.3. The number of aromatic nitrogens is 2. The molecule has 7 amide bonds. The predicted molar refractivity (Wildman–Crippen MR) is 315 cm³/mol. The number of hydrogen-bond acceptors (Lipinski definition) is 17. The quantitative estimate of drug-likeness (QED) is 0.0280. The van der Waals surface area contributed by atoms with Crippen LogP contribution in [0.4, 0.5) is 32.7 Å². The third kappa shape index (κ3) is 15.3. The Labute approximate surface area is 497 Å². The maximum atomic E-state index is 14.4. The average Bonchev–Trinajstić information content (AvgIpc) is 3.65. The largest absolute Gasteiger partial charge is 0.495 e. The zero-order valence-electron chi connectivity index (χ0n) is 50.5. The summed E-state index contributed by atoms with van der Waals surface area (Å²) in [4.78, 5) is 122. The Morgan fingerprint density at radius 3 is 2.33 bits per heavy atom. The number of likely N-dealkylation sites (N-methyl/N-ethyl adjacent to an activating group) is 1. The highest BCUT2D eigenvalue weighted by atomic mass is 16.7. The molecule has 1 saturated heterocycles. The van der Waals surface area contributed by atoms with Crippen LogP contribution in [-0.2, 0) is 44.7 Å². The minimum Gasteiger partial charge on any atom is -0.495 e. The third-order valence-electron chi connectivity index (χ3n) is 16.1. The number of nitrogens with one attached hydrogen (secondary N) is 4. The number of ether oxygens (including phenoxy) is 5. The minimum atomic E-state index is -1.32. The van der Waals surface area contributed by atoms with Crippen LogP contribution in [0.25, 0.3) is 0 Å². The maximum absolute atomic E-state index is 14.4. The molecule has 0 radical (unpaired) electrons. The second-order valence-electron chi connectivity index (χ2n) is 24.0. The second kappa shape index (κ2) is 27.8. The topological polar surface area (TPSA) is 270 Å². The summed E-state index contributed by atoms with van der Waals surface area (Å²) in [6, 6.07) is 7.81. The van der Waals surface area contributed by atoms with Crippen molar-refractivity contribution in [2.24, 2.45) is 11.8 Å². The molecule has 458 valence electrons. The lowest BCUT2D eigenvalue weighted by Gasteiger charge is -2.43. The van der Waals surface area contributed by atoms with Crippen LogP contribution in [0, 0.1) is 23.7 Å². The molecular weight excluding hydrogens is 1090 g/mol. The number of benzene rings is 2. The predicted octanol–water partition coefficient (Wildman–Crippen LogP) is 7.51. The summed E-state index contributed by atoms with van der Waals surface area (Å²) in [5, 5.41) is 11.4. The Hall–Kier alpha value is -8.00. The van der Waals surface area contributed by atoms with E-state index in [-0.39, 0.29) is 86.9 Å². The van der Waals surface area contributed by atoms with Gasteiger partial charge in [0.05, 0.1) is 32.2 Å². The first kappa shape index (κ1) is 63.0. The molecule has 23 nitrogen and oxygen atoms in total. The van der Waals surface area contributed by atoms with Gasteiger partial charge in [-0.25, -0.2) is 19.4 Å². The Kier molecular flexibility index (Phi) is 20.6. The van der Waals surface area contributed by atoms with Gasteiger partial charge in [0.25, 0.3) is 18.1 Å². The summed E-state index contributed by atoms with van der Waals surface area (Å²) in [6.45, 7) is 14.7. The van der Waals surface area contributed by atoms with E-state index < -0.39 is 59.9 Å². The molecule has 4 atom stereocenters. The Bertz CT molecular complexity index is 3050. The first-order valence-electron chi connectivity index (χ1n) is 29.7. The summed E-state index contributed by atoms with van der Waals surface area (Å²) in [5.41, 5.74) is 2.58. The number of methoxy groups -OCH3 is 1. The molecular formula is C62H82N10O13. The fourth-order valence-electron chi connectivity index (χ4n) is 11.6. The van der Waals surface area contributed by atoms with Crippen molar-refractivity contribution in [1.82, 2.24) is 35.7 Å². The number of anilines is 4. The van der Waals surface area contributed by atoms with Crippen LogP contribution >= 0.6 is 0 Å². The van der Waals surface area contributed by atoms with E-state index in [9.17, 15) is 38.4 Å². The summed E-state index contributed by atoms with van der Waals surface area (Å²) >= 11 is 0. The molecule has 1 aromatic heterocycles. The van der Waals surface area contributed by atoms with E-state index in [1.54, 1.807) is 102 Å². The highest BCUT2D eigenvalue weighted by Gasteiger charge is 2.43. The molecule has 3 fully saturated rings. The van der Waals surface area contributed by atoms with Crippen LogP contribution in [-0.4, -0.2) is 150 Å². The second-order valence-corrected chi connectivity index (χ2v) is 24.0. The molecule has 23 heteroatoms. The molecule has 8 rings (SSSR count). The number of imide groups is 1. The SMILES string of the molecule is CC[C@@H]1C(=O)N(C)c2cnc(Nc3ccc(C(=O)NC4CCC(N(CCOCCC#Cc5cccc6c5CN(C5CCC(=O)NC5=O)C6=O)C(=O)OC(OC(=O)C(NC(=O)OC(C)(C)C)C(C)C)C(C)C)CC4)cc3OC)nc2N1C1CCCC1. The van der Waals surface area contributed by atoms with E-state index in [0.717, 1.165) is 25.7 Å². The van der Waals surface area contributed by atoms with Gasteiger partial charge in [0.15, 0.2) is 5.82 Å². The van der Waals surface area contributed by atoms with Crippen molar-refractivity contribution in [2.45, 2.75) is 187 Å². The smallest absolute Gasteiger partial charge is 0.413 e. The Morgan fingerprint density at radius 1 is 0.918 bits per heavy atom. The van der Waals surface area contributed by atoms with Crippen molar-refractivity contribution in [3.05, 3.63) is 64.8 Å². The van der Waals surface area contributed by atoms with Gasteiger partial charge in [-0.2, -0.15) is 4.98 Å². The Morgan fingerprint density at radius 2 is 1.66 bits per heavy atom. The maximum Gasteiger partial charge on any atom is 0.413 e. The highest BCUT2D eigenvalue weighted by molar-refractivity contribution is 6.06. The highest BCUT2D eigenvalue weighted by Crippen LogP contribution is 2.41. The molecule has 2 saturated carbocycles. The molecule has 5 aliphatic rings. The third-order valence-corrected chi connectivity index (χ3v) is 16.1. The molecule has 2 aliphatic carbocycles. The lowest BCUT2D eigenvalue weighted by molar-refractivity contribution is -0.180. The monoisotopic (exact) mass is 1170 g/mol. The van der Waals surface area contributed by atoms with Gasteiger partial charge in [0, 0.05) is 73.7 Å². The lowest BCUT2D eigenvalue weighted by Crippen LogP contribution is -2.55. The summed E-state index contributed by atoms with van der Waals surface area (Å²) in [7, 11) is 3.28. The van der Waals surface area contributed by atoms with Crippen LogP contribution < -0.4 is 35.8 Å². The van der Waals surface area contributed by atoms with E-state index in [0.29, 0.717) is 89.7 Å². The fraction of sp³-hybridized carbons (Fsp3) is 0.581. The molecule has 85 heavy (non-hydrogen) atoms. The van der Waals surface area contributed by atoms with Gasteiger partial charge in [-0.3, -0.25) is 29.3 Å². The van der Waals surface area contributed by atoms with Crippen LogP contribution in [0.1, 0.15) is 164 Å². The van der Waals surface area contributed by atoms with E-state index in [4.69, 9.17) is 28.7 Å². The number of hydrogen-bond donors (Lipinski definition) is 4. The van der Waals surface area contributed by atoms with Gasteiger partial charge in [0.1, 0.15) is 35.2 Å². The van der Waals surface area contributed by atoms with Gasteiger partial charge >= 0.3 is 18.2 Å². The first-order chi connectivity index (χ1) is 40.5.